The molecule has 3 aromatic heterocycles. The molecule has 2 atom stereocenters. The van der Waals surface area contributed by atoms with E-state index in [0.29, 0.717) is 30.0 Å². The topological polar surface area (TPSA) is 160 Å². The number of imide groups is 1. The molecule has 1 unspecified atom stereocenters. The Bertz CT molecular complexity index is 2440. The van der Waals surface area contributed by atoms with E-state index in [2.05, 4.69) is 42.1 Å². The first-order valence-electron chi connectivity index (χ1n) is 20.6. The number of halogens is 2. The van der Waals surface area contributed by atoms with Crippen molar-refractivity contribution in [1.82, 2.24) is 30.0 Å². The number of benzene rings is 2. The van der Waals surface area contributed by atoms with Crippen LogP contribution in [0.2, 0.25) is 5.02 Å². The Kier molecular flexibility index (Phi) is 12.3. The number of rotatable bonds is 12. The van der Waals surface area contributed by atoms with Gasteiger partial charge in [0, 0.05) is 104 Å². The van der Waals surface area contributed by atoms with Crippen molar-refractivity contribution in [2.45, 2.75) is 56.6 Å². The van der Waals surface area contributed by atoms with E-state index in [0.717, 1.165) is 87.0 Å². The van der Waals surface area contributed by atoms with Crippen molar-refractivity contribution >= 4 is 44.9 Å². The summed E-state index contributed by atoms with van der Waals surface area (Å²) in [5.74, 6) is 0.212. The predicted molar refractivity (Wildman–Crippen MR) is 231 cm³/mol. The van der Waals surface area contributed by atoms with Crippen LogP contribution in [0.1, 0.15) is 56.1 Å². The molecular weight excluding hydrogens is 805 g/mol. The number of hydrogen-bond donors (Lipinski definition) is 2. The van der Waals surface area contributed by atoms with Crippen molar-refractivity contribution < 1.29 is 22.4 Å². The SMILES string of the molecule is CCC(Cc1cc(Cl)cc(-c2cn(-c3ccc(N4CCN(CC5CCN(c6ccc([C@H]7CCC(=O)NC7=O)cn6)CC5)CC4)cc3)nc2-c2ccncc2)c1F)S(N)(=O)=O. The van der Waals surface area contributed by atoms with Crippen molar-refractivity contribution in [3.05, 3.63) is 107 Å². The molecule has 0 spiro atoms. The first kappa shape index (κ1) is 41.5. The van der Waals surface area contributed by atoms with Crippen LogP contribution in [0, 0.1) is 11.7 Å². The summed E-state index contributed by atoms with van der Waals surface area (Å²) in [5, 5.41) is 12.1. The van der Waals surface area contributed by atoms with E-state index in [-0.39, 0.29) is 46.7 Å². The van der Waals surface area contributed by atoms with Crippen LogP contribution >= 0.6 is 11.6 Å². The van der Waals surface area contributed by atoms with Gasteiger partial charge in [-0.1, -0.05) is 24.6 Å². The first-order valence-corrected chi connectivity index (χ1v) is 22.5. The minimum atomic E-state index is -3.90. The number of aromatic nitrogens is 4. The van der Waals surface area contributed by atoms with Gasteiger partial charge in [0.2, 0.25) is 21.8 Å². The van der Waals surface area contributed by atoms with Crippen LogP contribution in [0.5, 0.6) is 0 Å². The van der Waals surface area contributed by atoms with E-state index in [1.165, 1.54) is 6.07 Å². The van der Waals surface area contributed by atoms with Gasteiger partial charge in [0.05, 0.1) is 16.9 Å². The maximum Gasteiger partial charge on any atom is 0.234 e. The molecule has 16 heteroatoms. The maximum atomic E-state index is 16.3. The zero-order valence-electron chi connectivity index (χ0n) is 33.5. The lowest BCUT2D eigenvalue weighted by atomic mass is 9.91. The van der Waals surface area contributed by atoms with Crippen LogP contribution in [0.15, 0.2) is 85.5 Å². The number of nitrogens with one attached hydrogen (secondary N) is 1. The molecule has 6 heterocycles. The summed E-state index contributed by atoms with van der Waals surface area (Å²) in [6, 6.07) is 18.8. The molecular formula is C44H49ClFN9O4S. The number of primary sulfonamides is 1. The van der Waals surface area contributed by atoms with Gasteiger partial charge in [0.25, 0.3) is 0 Å². The Balaban J connectivity index is 0.889. The average molecular weight is 854 g/mol. The number of nitrogens with zero attached hydrogens (tertiary/aromatic N) is 7. The minimum Gasteiger partial charge on any atom is -0.369 e. The number of carbonyl (C=O) groups is 2. The van der Waals surface area contributed by atoms with Gasteiger partial charge in [-0.25, -0.2) is 27.6 Å². The summed E-state index contributed by atoms with van der Waals surface area (Å²) < 4.78 is 42.5. The Morgan fingerprint density at radius 2 is 1.62 bits per heavy atom. The smallest absolute Gasteiger partial charge is 0.234 e. The normalized spacial score (nSPS) is 18.8. The molecule has 0 bridgehead atoms. The number of piperidine rings is 2. The monoisotopic (exact) mass is 853 g/mol. The largest absolute Gasteiger partial charge is 0.369 e. The van der Waals surface area contributed by atoms with Gasteiger partial charge in [0.15, 0.2) is 0 Å². The lowest BCUT2D eigenvalue weighted by Crippen LogP contribution is -2.49. The summed E-state index contributed by atoms with van der Waals surface area (Å²) >= 11 is 6.53. The molecule has 13 nitrogen and oxygen atoms in total. The van der Waals surface area contributed by atoms with Crippen LogP contribution in [0.4, 0.5) is 15.9 Å². The van der Waals surface area contributed by atoms with Gasteiger partial charge in [-0.3, -0.25) is 24.8 Å². The molecule has 0 saturated carbocycles. The highest BCUT2D eigenvalue weighted by Crippen LogP contribution is 2.37. The molecule has 3 aliphatic rings. The molecule has 314 valence electrons. The molecule has 0 aliphatic carbocycles. The highest BCUT2D eigenvalue weighted by Gasteiger charge is 2.30. The van der Waals surface area contributed by atoms with Crippen molar-refractivity contribution in [3.8, 4) is 28.1 Å². The Morgan fingerprint density at radius 1 is 0.900 bits per heavy atom. The maximum absolute atomic E-state index is 16.3. The standard InChI is InChI=1S/C44H49ClFN9O4S/c1-2-36(60(47,58)59)24-32-23-33(45)25-38(42(32)46)39-28-55(51-43(39)30-11-15-48-16-12-30)35-6-4-34(5-7-35)53-21-19-52(20-22-53)27-29-13-17-54(18-14-29)40-9-3-31(26-49-40)37-8-10-41(56)50-44(37)57/h3-7,9,11-12,15-16,23,25-26,28-29,36-37H,2,8,10,13-14,17-22,24,27H2,1H3,(H2,47,58,59)(H,50,56,57)/t36?,37-/m1/s1. The fraction of sp³-hybridized carbons (Fsp3) is 0.386. The fourth-order valence-corrected chi connectivity index (χ4v) is 9.79. The highest BCUT2D eigenvalue weighted by atomic mass is 35.5. The number of sulfonamides is 1. The van der Waals surface area contributed by atoms with Gasteiger partial charge in [-0.2, -0.15) is 5.10 Å². The molecule has 60 heavy (non-hydrogen) atoms. The number of pyridine rings is 2. The van der Waals surface area contributed by atoms with Gasteiger partial charge in [0.1, 0.15) is 17.3 Å². The molecule has 0 radical (unpaired) electrons. The van der Waals surface area contributed by atoms with Crippen LogP contribution in [0.3, 0.4) is 0 Å². The van der Waals surface area contributed by atoms with E-state index < -0.39 is 21.1 Å². The first-order chi connectivity index (χ1) is 28.9. The van der Waals surface area contributed by atoms with Gasteiger partial charge >= 0.3 is 0 Å². The lowest BCUT2D eigenvalue weighted by Gasteiger charge is -2.40. The summed E-state index contributed by atoms with van der Waals surface area (Å²) in [6.07, 6.45) is 10.1. The van der Waals surface area contributed by atoms with Crippen molar-refractivity contribution in [2.75, 3.05) is 55.6 Å². The Labute approximate surface area is 354 Å². The number of carbonyl (C=O) groups excluding carboxylic acids is 2. The summed E-state index contributed by atoms with van der Waals surface area (Å²) in [4.78, 5) is 40.0. The quantitative estimate of drug-likeness (QED) is 0.144. The van der Waals surface area contributed by atoms with E-state index in [9.17, 15) is 18.0 Å². The second-order valence-electron chi connectivity index (χ2n) is 16.0. The zero-order valence-corrected chi connectivity index (χ0v) is 35.1. The summed E-state index contributed by atoms with van der Waals surface area (Å²) in [6.45, 7) is 8.46. The molecule has 3 aliphatic heterocycles. The van der Waals surface area contributed by atoms with Crippen molar-refractivity contribution in [2.24, 2.45) is 11.1 Å². The van der Waals surface area contributed by atoms with Crippen LogP contribution in [0.25, 0.3) is 28.1 Å². The van der Waals surface area contributed by atoms with E-state index in [1.807, 2.05) is 36.4 Å². The number of anilines is 2. The van der Waals surface area contributed by atoms with Gasteiger partial charge in [-0.15, -0.1) is 0 Å². The number of piperazine rings is 1. The van der Waals surface area contributed by atoms with Crippen LogP contribution < -0.4 is 20.3 Å². The van der Waals surface area contributed by atoms with E-state index >= 15 is 4.39 Å². The summed E-state index contributed by atoms with van der Waals surface area (Å²) in [5.41, 5.74) is 4.95. The van der Waals surface area contributed by atoms with Crippen molar-refractivity contribution in [3.63, 3.8) is 0 Å². The molecule has 3 N–H and O–H groups in total. The number of hydrogen-bond acceptors (Lipinski definition) is 10. The average Bonchev–Trinajstić information content (AvgIpc) is 3.70. The third-order valence-electron chi connectivity index (χ3n) is 12.2. The molecule has 2 aromatic carbocycles. The van der Waals surface area contributed by atoms with Gasteiger partial charge < -0.3 is 9.80 Å². The Morgan fingerprint density at radius 3 is 2.27 bits per heavy atom. The number of nitrogens with two attached hydrogens (primary N) is 1. The van der Waals surface area contributed by atoms with Crippen LogP contribution in [-0.2, 0) is 26.0 Å². The second kappa shape index (κ2) is 17.8. The van der Waals surface area contributed by atoms with Crippen molar-refractivity contribution in [1.29, 1.82) is 0 Å². The molecule has 8 rings (SSSR count). The second-order valence-corrected chi connectivity index (χ2v) is 18.3. The minimum absolute atomic E-state index is 0.103. The Hall–Kier alpha value is -5.22. The van der Waals surface area contributed by atoms with E-state index in [1.54, 1.807) is 42.5 Å². The predicted octanol–water partition coefficient (Wildman–Crippen LogP) is 5.96. The fourth-order valence-electron chi connectivity index (χ4n) is 8.67. The third kappa shape index (κ3) is 9.24. The number of amides is 2. The summed E-state index contributed by atoms with van der Waals surface area (Å²) in [7, 11) is -3.90. The molecule has 3 saturated heterocycles. The molecule has 3 fully saturated rings. The van der Waals surface area contributed by atoms with Crippen LogP contribution in [-0.4, -0.2) is 95.9 Å². The molecule has 2 amide bonds. The van der Waals surface area contributed by atoms with E-state index in [4.69, 9.17) is 21.8 Å². The van der Waals surface area contributed by atoms with Gasteiger partial charge in [-0.05, 0) is 104 Å². The lowest BCUT2D eigenvalue weighted by molar-refractivity contribution is -0.134. The zero-order chi connectivity index (χ0) is 42.0. The third-order valence-corrected chi connectivity index (χ3v) is 13.8. The molecule has 5 aromatic rings. The highest BCUT2D eigenvalue weighted by molar-refractivity contribution is 7.89.